The maximum absolute atomic E-state index is 14.0. The van der Waals surface area contributed by atoms with Gasteiger partial charge in [-0.05, 0) is 73.0 Å². The van der Waals surface area contributed by atoms with Gasteiger partial charge in [0.1, 0.15) is 12.4 Å². The molecule has 1 aliphatic rings. The molecule has 0 aliphatic carbocycles. The average Bonchev–Trinajstić information content (AvgIpc) is 2.92. The second-order valence-electron chi connectivity index (χ2n) is 8.26. The number of benzene rings is 3. The van der Waals surface area contributed by atoms with E-state index in [1.165, 1.54) is 70.7 Å². The third kappa shape index (κ3) is 6.35. The Morgan fingerprint density at radius 3 is 2.21 bits per heavy atom. The zero-order chi connectivity index (χ0) is 27.3. The molecule has 0 atom stereocenters. The van der Waals surface area contributed by atoms with Gasteiger partial charge in [0.15, 0.2) is 0 Å². The molecule has 0 radical (unpaired) electrons. The predicted molar refractivity (Wildman–Crippen MR) is 144 cm³/mol. The third-order valence-corrected chi connectivity index (χ3v) is 10.2. The second-order valence-corrected chi connectivity index (χ2v) is 12.9. The number of rotatable bonds is 9. The maximum Gasteiger partial charge on any atom is 0.264 e. The number of amides is 1. The van der Waals surface area contributed by atoms with Crippen LogP contribution < -0.4 is 9.62 Å². The lowest BCUT2D eigenvalue weighted by molar-refractivity contribution is -0.114. The van der Waals surface area contributed by atoms with Gasteiger partial charge in [-0.25, -0.2) is 21.2 Å². The molecule has 9 nitrogen and oxygen atoms in total. The fourth-order valence-electron chi connectivity index (χ4n) is 3.80. The van der Waals surface area contributed by atoms with Crippen LogP contribution in [0.4, 0.5) is 15.8 Å². The Bertz CT molecular complexity index is 1490. The summed E-state index contributed by atoms with van der Waals surface area (Å²) in [6, 6.07) is 16.7. The lowest BCUT2D eigenvalue weighted by Gasteiger charge is -2.26. The largest absolute Gasteiger partial charge is 0.379 e. The Morgan fingerprint density at radius 2 is 1.61 bits per heavy atom. The first kappa shape index (κ1) is 28.0. The fraction of sp³-hybridized carbons (Fsp3) is 0.240. The Balaban J connectivity index is 1.54. The number of carbonyl (C=O) groups excluding carboxylic acids is 1. The van der Waals surface area contributed by atoms with Crippen LogP contribution in [-0.2, 0) is 29.6 Å². The molecule has 13 heteroatoms. The SMILES string of the molecule is CSc1ccc(S(=O)(=O)N(CC(=O)Nc2ccc(S(=O)(=O)N3CCOCC3)cc2)c2cccc(F)c2)cc1. The molecule has 202 valence electrons. The van der Waals surface area contributed by atoms with E-state index in [9.17, 15) is 26.0 Å². The third-order valence-electron chi connectivity index (χ3n) is 5.78. The quantitative estimate of drug-likeness (QED) is 0.387. The van der Waals surface area contributed by atoms with E-state index in [1.807, 2.05) is 6.26 Å². The Kier molecular flexibility index (Phi) is 8.73. The molecular weight excluding hydrogens is 553 g/mol. The molecule has 4 rings (SSSR count). The van der Waals surface area contributed by atoms with Gasteiger partial charge in [-0.2, -0.15) is 4.31 Å². The summed E-state index contributed by atoms with van der Waals surface area (Å²) in [5.74, 6) is -1.35. The molecular formula is C25H26FN3O6S3. The van der Waals surface area contributed by atoms with Gasteiger partial charge in [-0.1, -0.05) is 6.07 Å². The highest BCUT2D eigenvalue weighted by molar-refractivity contribution is 7.98. The van der Waals surface area contributed by atoms with Crippen molar-refractivity contribution in [2.75, 3.05) is 48.7 Å². The normalized spacial score (nSPS) is 14.7. The van der Waals surface area contributed by atoms with E-state index >= 15 is 0 Å². The lowest BCUT2D eigenvalue weighted by atomic mass is 10.3. The molecule has 1 fully saturated rings. The van der Waals surface area contributed by atoms with Crippen molar-refractivity contribution in [2.24, 2.45) is 0 Å². The van der Waals surface area contributed by atoms with Crippen LogP contribution in [0.25, 0.3) is 0 Å². The molecule has 0 bridgehead atoms. The molecule has 1 aliphatic heterocycles. The summed E-state index contributed by atoms with van der Waals surface area (Å²) in [4.78, 5) is 13.8. The van der Waals surface area contributed by atoms with Crippen LogP contribution in [0.15, 0.2) is 87.5 Å². The highest BCUT2D eigenvalue weighted by Crippen LogP contribution is 2.26. The first-order chi connectivity index (χ1) is 18.1. The number of hydrogen-bond donors (Lipinski definition) is 1. The molecule has 38 heavy (non-hydrogen) atoms. The first-order valence-electron chi connectivity index (χ1n) is 11.5. The molecule has 0 aromatic heterocycles. The van der Waals surface area contributed by atoms with Gasteiger partial charge >= 0.3 is 0 Å². The molecule has 1 amide bonds. The number of nitrogens with zero attached hydrogens (tertiary/aromatic N) is 2. The summed E-state index contributed by atoms with van der Waals surface area (Å²) in [6.45, 7) is 0.514. The van der Waals surface area contributed by atoms with E-state index in [4.69, 9.17) is 4.74 Å². The van der Waals surface area contributed by atoms with Crippen molar-refractivity contribution in [1.29, 1.82) is 0 Å². The number of hydrogen-bond acceptors (Lipinski definition) is 7. The lowest BCUT2D eigenvalue weighted by Crippen LogP contribution is -2.40. The van der Waals surface area contributed by atoms with Crippen LogP contribution >= 0.6 is 11.8 Å². The second kappa shape index (κ2) is 11.8. The van der Waals surface area contributed by atoms with Crippen molar-refractivity contribution in [3.05, 3.63) is 78.6 Å². The van der Waals surface area contributed by atoms with Crippen molar-refractivity contribution in [3.8, 4) is 0 Å². The molecule has 1 heterocycles. The minimum Gasteiger partial charge on any atom is -0.379 e. The Hall–Kier alpha value is -2.97. The summed E-state index contributed by atoms with van der Waals surface area (Å²) in [5.41, 5.74) is 0.262. The first-order valence-corrected chi connectivity index (χ1v) is 15.6. The predicted octanol–water partition coefficient (Wildman–Crippen LogP) is 3.40. The maximum atomic E-state index is 14.0. The van der Waals surface area contributed by atoms with Crippen molar-refractivity contribution >= 4 is 49.1 Å². The minimum atomic E-state index is -4.22. The van der Waals surface area contributed by atoms with Crippen molar-refractivity contribution in [2.45, 2.75) is 14.7 Å². The molecule has 1 saturated heterocycles. The van der Waals surface area contributed by atoms with E-state index in [-0.39, 0.29) is 34.3 Å². The van der Waals surface area contributed by atoms with E-state index in [0.29, 0.717) is 13.2 Å². The van der Waals surface area contributed by atoms with Crippen molar-refractivity contribution in [1.82, 2.24) is 4.31 Å². The van der Waals surface area contributed by atoms with Gasteiger partial charge in [0.05, 0.1) is 28.7 Å². The van der Waals surface area contributed by atoms with E-state index in [2.05, 4.69) is 5.32 Å². The topological polar surface area (TPSA) is 113 Å². The Labute approximate surface area is 225 Å². The zero-order valence-electron chi connectivity index (χ0n) is 20.4. The van der Waals surface area contributed by atoms with Gasteiger partial charge in [0.2, 0.25) is 15.9 Å². The van der Waals surface area contributed by atoms with Crippen molar-refractivity contribution in [3.63, 3.8) is 0 Å². The van der Waals surface area contributed by atoms with Gasteiger partial charge in [0.25, 0.3) is 10.0 Å². The number of halogens is 1. The highest BCUT2D eigenvalue weighted by atomic mass is 32.2. The summed E-state index contributed by atoms with van der Waals surface area (Å²) in [7, 11) is -7.93. The van der Waals surface area contributed by atoms with E-state index < -0.39 is 38.3 Å². The molecule has 3 aromatic rings. The number of nitrogens with one attached hydrogen (secondary N) is 1. The van der Waals surface area contributed by atoms with Gasteiger partial charge in [-0.15, -0.1) is 11.8 Å². The summed E-state index contributed by atoms with van der Waals surface area (Å²) >= 11 is 1.45. The smallest absolute Gasteiger partial charge is 0.264 e. The number of morpholine rings is 1. The molecule has 3 aromatic carbocycles. The zero-order valence-corrected chi connectivity index (χ0v) is 22.9. The van der Waals surface area contributed by atoms with Crippen LogP contribution in [-0.4, -0.2) is 66.2 Å². The van der Waals surface area contributed by atoms with Crippen LogP contribution in [0.1, 0.15) is 0 Å². The summed E-state index contributed by atoms with van der Waals surface area (Å²) < 4.78 is 73.9. The molecule has 0 saturated carbocycles. The molecule has 0 spiro atoms. The van der Waals surface area contributed by atoms with Crippen molar-refractivity contribution < 1.29 is 30.8 Å². The van der Waals surface area contributed by atoms with Crippen LogP contribution in [0.5, 0.6) is 0 Å². The number of ether oxygens (including phenoxy) is 1. The monoisotopic (exact) mass is 579 g/mol. The van der Waals surface area contributed by atoms with Crippen LogP contribution in [0.2, 0.25) is 0 Å². The summed E-state index contributed by atoms with van der Waals surface area (Å²) in [6.07, 6.45) is 1.86. The minimum absolute atomic E-state index is 0.0129. The standard InChI is InChI=1S/C25H26FN3O6S3/c1-36-22-7-11-24(12-8-22)38(33,34)29(21-4-2-3-19(26)17-21)18-25(30)27-20-5-9-23(10-6-20)37(31,32)28-13-15-35-16-14-28/h2-12,17H,13-16,18H2,1H3,(H,27,30). The fourth-order valence-corrected chi connectivity index (χ4v) is 7.03. The highest BCUT2D eigenvalue weighted by Gasteiger charge is 2.28. The van der Waals surface area contributed by atoms with Gasteiger partial charge in [-0.3, -0.25) is 9.10 Å². The number of carbonyl (C=O) groups is 1. The van der Waals surface area contributed by atoms with Crippen LogP contribution in [0, 0.1) is 5.82 Å². The molecule has 1 N–H and O–H groups in total. The summed E-state index contributed by atoms with van der Waals surface area (Å²) in [5, 5.41) is 2.59. The Morgan fingerprint density at radius 1 is 0.974 bits per heavy atom. The van der Waals surface area contributed by atoms with Gasteiger partial charge < -0.3 is 10.1 Å². The average molecular weight is 580 g/mol. The number of anilines is 2. The van der Waals surface area contributed by atoms with Crippen LogP contribution in [0.3, 0.4) is 0 Å². The van der Waals surface area contributed by atoms with E-state index in [1.54, 1.807) is 12.1 Å². The number of thioether (sulfide) groups is 1. The number of sulfonamides is 2. The molecule has 0 unspecified atom stereocenters. The van der Waals surface area contributed by atoms with Gasteiger partial charge in [0, 0.05) is 23.7 Å². The van der Waals surface area contributed by atoms with E-state index in [0.717, 1.165) is 15.3 Å².